The van der Waals surface area contributed by atoms with Crippen LogP contribution < -0.4 is 10.1 Å². The van der Waals surface area contributed by atoms with Gasteiger partial charge >= 0.3 is 5.97 Å². The molecule has 0 heterocycles. The number of nitro groups is 1. The van der Waals surface area contributed by atoms with Crippen LogP contribution in [-0.2, 0) is 16.1 Å². The van der Waals surface area contributed by atoms with E-state index in [-0.39, 0.29) is 18.8 Å². The van der Waals surface area contributed by atoms with Crippen LogP contribution in [-0.4, -0.2) is 30.0 Å². The van der Waals surface area contributed by atoms with Crippen LogP contribution in [0.15, 0.2) is 48.5 Å². The third-order valence-corrected chi connectivity index (χ3v) is 3.80. The van der Waals surface area contributed by atoms with E-state index in [1.54, 1.807) is 30.3 Å². The molecule has 2 aromatic carbocycles. The fraction of sp³-hybridized carbons (Fsp3) is 0.300. The number of nitrogens with zero attached hydrogens (tertiary/aromatic N) is 1. The number of carbonyl (C=O) groups is 2. The van der Waals surface area contributed by atoms with Crippen molar-refractivity contribution >= 4 is 17.6 Å². The Balaban J connectivity index is 1.76. The number of benzene rings is 2. The second-order valence-electron chi connectivity index (χ2n) is 6.00. The minimum absolute atomic E-state index is 0.0797. The van der Waals surface area contributed by atoms with Crippen molar-refractivity contribution < 1.29 is 24.0 Å². The zero-order valence-corrected chi connectivity index (χ0v) is 15.6. The maximum atomic E-state index is 12.1. The number of ether oxygens (including phenoxy) is 2. The highest BCUT2D eigenvalue weighted by molar-refractivity contribution is 5.96. The Bertz CT molecular complexity index is 820. The van der Waals surface area contributed by atoms with E-state index >= 15 is 0 Å². The number of rotatable bonds is 10. The summed E-state index contributed by atoms with van der Waals surface area (Å²) in [7, 11) is 0. The van der Waals surface area contributed by atoms with E-state index in [2.05, 4.69) is 12.2 Å². The summed E-state index contributed by atoms with van der Waals surface area (Å²) in [4.78, 5) is 34.1. The molecule has 0 saturated heterocycles. The molecule has 0 radical (unpaired) electrons. The molecule has 0 aliphatic rings. The quantitative estimate of drug-likeness (QED) is 0.291. The highest BCUT2D eigenvalue weighted by Gasteiger charge is 2.11. The molecule has 2 aromatic rings. The molecule has 0 saturated carbocycles. The van der Waals surface area contributed by atoms with E-state index in [1.165, 1.54) is 18.2 Å². The molecule has 0 aromatic heterocycles. The van der Waals surface area contributed by atoms with Crippen molar-refractivity contribution in [2.24, 2.45) is 0 Å². The highest BCUT2D eigenvalue weighted by Crippen LogP contribution is 2.14. The molecule has 0 atom stereocenters. The molecule has 0 aliphatic heterocycles. The Morgan fingerprint density at radius 3 is 2.57 bits per heavy atom. The van der Waals surface area contributed by atoms with Crippen LogP contribution in [0.1, 0.15) is 35.7 Å². The van der Waals surface area contributed by atoms with E-state index in [4.69, 9.17) is 9.47 Å². The predicted molar refractivity (Wildman–Crippen MR) is 102 cm³/mol. The first-order valence-electron chi connectivity index (χ1n) is 8.89. The predicted octanol–water partition coefficient (Wildman–Crippen LogP) is 3.25. The van der Waals surface area contributed by atoms with Crippen molar-refractivity contribution in [3.63, 3.8) is 0 Å². The van der Waals surface area contributed by atoms with Gasteiger partial charge in [0.2, 0.25) is 0 Å². The smallest absolute Gasteiger partial charge is 0.325 e. The van der Waals surface area contributed by atoms with E-state index in [0.29, 0.717) is 23.5 Å². The first kappa shape index (κ1) is 20.9. The van der Waals surface area contributed by atoms with Gasteiger partial charge in [-0.1, -0.05) is 25.5 Å². The number of hydrogen-bond donors (Lipinski definition) is 1. The van der Waals surface area contributed by atoms with E-state index < -0.39 is 16.8 Å². The van der Waals surface area contributed by atoms with Crippen molar-refractivity contribution in [2.45, 2.75) is 26.4 Å². The molecule has 0 spiro atoms. The van der Waals surface area contributed by atoms with Gasteiger partial charge in [0.15, 0.2) is 0 Å². The lowest BCUT2D eigenvalue weighted by Crippen LogP contribution is -2.30. The fourth-order valence-corrected chi connectivity index (χ4v) is 2.27. The highest BCUT2D eigenvalue weighted by atomic mass is 16.6. The number of unbranched alkanes of at least 4 members (excludes halogenated alkanes) is 1. The molecular weight excluding hydrogens is 364 g/mol. The second-order valence-corrected chi connectivity index (χ2v) is 6.00. The number of amides is 1. The molecule has 8 heteroatoms. The number of carbonyl (C=O) groups excluding carboxylic acids is 2. The Kier molecular flexibility index (Phi) is 7.95. The van der Waals surface area contributed by atoms with Crippen molar-refractivity contribution in [1.29, 1.82) is 0 Å². The maximum Gasteiger partial charge on any atom is 0.325 e. The summed E-state index contributed by atoms with van der Waals surface area (Å²) >= 11 is 0. The first-order chi connectivity index (χ1) is 13.5. The average molecular weight is 386 g/mol. The number of esters is 1. The van der Waals surface area contributed by atoms with Crippen LogP contribution in [0.5, 0.6) is 5.75 Å². The average Bonchev–Trinajstić information content (AvgIpc) is 2.71. The van der Waals surface area contributed by atoms with Gasteiger partial charge in [-0.3, -0.25) is 19.7 Å². The molecule has 2 rings (SSSR count). The Labute approximate surface area is 162 Å². The summed E-state index contributed by atoms with van der Waals surface area (Å²) in [5.74, 6) is -0.367. The molecule has 1 N–H and O–H groups in total. The lowest BCUT2D eigenvalue weighted by Gasteiger charge is -2.08. The summed E-state index contributed by atoms with van der Waals surface area (Å²) in [6.45, 7) is 2.28. The second kappa shape index (κ2) is 10.7. The van der Waals surface area contributed by atoms with E-state index in [1.807, 2.05) is 0 Å². The molecule has 0 unspecified atom stereocenters. The van der Waals surface area contributed by atoms with Crippen LogP contribution in [0.2, 0.25) is 0 Å². The van der Waals surface area contributed by atoms with E-state index in [0.717, 1.165) is 12.8 Å². The SMILES string of the molecule is CCCCOc1ccc(C(=O)NCC(=O)OCc2cccc([N+](=O)[O-])c2)cc1. The minimum Gasteiger partial charge on any atom is -0.494 e. The molecule has 8 nitrogen and oxygen atoms in total. The van der Waals surface area contributed by atoms with Gasteiger partial charge in [-0.2, -0.15) is 0 Å². The Morgan fingerprint density at radius 2 is 1.89 bits per heavy atom. The van der Waals surface area contributed by atoms with Crippen molar-refractivity contribution in [1.82, 2.24) is 5.32 Å². The standard InChI is InChI=1S/C20H22N2O6/c1-2-3-11-27-18-9-7-16(8-10-18)20(24)21-13-19(23)28-14-15-5-4-6-17(12-15)22(25)26/h4-10,12H,2-3,11,13-14H2,1H3,(H,21,24). The molecule has 0 bridgehead atoms. The van der Waals surface area contributed by atoms with Gasteiger partial charge in [-0.05, 0) is 36.2 Å². The molecule has 28 heavy (non-hydrogen) atoms. The third-order valence-electron chi connectivity index (χ3n) is 3.80. The molecule has 148 valence electrons. The van der Waals surface area contributed by atoms with Gasteiger partial charge in [0.05, 0.1) is 11.5 Å². The normalized spacial score (nSPS) is 10.2. The minimum atomic E-state index is -0.639. The van der Waals surface area contributed by atoms with Crippen LogP contribution >= 0.6 is 0 Å². The summed E-state index contributed by atoms with van der Waals surface area (Å²) < 4.78 is 10.6. The maximum absolute atomic E-state index is 12.1. The van der Waals surface area contributed by atoms with Crippen molar-refractivity contribution in [3.05, 3.63) is 69.8 Å². The van der Waals surface area contributed by atoms with Gasteiger partial charge in [-0.25, -0.2) is 0 Å². The van der Waals surface area contributed by atoms with Crippen LogP contribution in [0.4, 0.5) is 5.69 Å². The van der Waals surface area contributed by atoms with E-state index in [9.17, 15) is 19.7 Å². The Morgan fingerprint density at radius 1 is 1.14 bits per heavy atom. The summed E-state index contributed by atoms with van der Waals surface area (Å²) in [5, 5.41) is 13.2. The number of nitro benzene ring substituents is 1. The number of hydrogen-bond acceptors (Lipinski definition) is 6. The van der Waals surface area contributed by atoms with Gasteiger partial charge in [-0.15, -0.1) is 0 Å². The third kappa shape index (κ3) is 6.71. The first-order valence-corrected chi connectivity index (χ1v) is 8.89. The van der Waals surface area contributed by atoms with Crippen LogP contribution in [0, 0.1) is 10.1 Å². The van der Waals surface area contributed by atoms with Gasteiger partial charge in [0, 0.05) is 17.7 Å². The van der Waals surface area contributed by atoms with Crippen LogP contribution in [0.25, 0.3) is 0 Å². The zero-order chi connectivity index (χ0) is 20.4. The van der Waals surface area contributed by atoms with Gasteiger partial charge in [0.25, 0.3) is 11.6 Å². The zero-order valence-electron chi connectivity index (χ0n) is 15.6. The molecular formula is C20H22N2O6. The monoisotopic (exact) mass is 386 g/mol. The summed E-state index contributed by atoms with van der Waals surface area (Å²) in [6.07, 6.45) is 2.00. The summed E-state index contributed by atoms with van der Waals surface area (Å²) in [5.41, 5.74) is 0.811. The van der Waals surface area contributed by atoms with Crippen molar-refractivity contribution in [2.75, 3.05) is 13.2 Å². The molecule has 1 amide bonds. The Hall–Kier alpha value is -3.42. The largest absolute Gasteiger partial charge is 0.494 e. The lowest BCUT2D eigenvalue weighted by molar-refractivity contribution is -0.384. The molecule has 0 fully saturated rings. The van der Waals surface area contributed by atoms with Crippen molar-refractivity contribution in [3.8, 4) is 5.75 Å². The van der Waals surface area contributed by atoms with Gasteiger partial charge < -0.3 is 14.8 Å². The fourth-order valence-electron chi connectivity index (χ4n) is 2.27. The summed E-state index contributed by atoms with van der Waals surface area (Å²) in [6, 6.07) is 12.4. The van der Waals surface area contributed by atoms with Gasteiger partial charge in [0.1, 0.15) is 18.9 Å². The van der Waals surface area contributed by atoms with Crippen LogP contribution in [0.3, 0.4) is 0 Å². The molecule has 0 aliphatic carbocycles. The number of non-ortho nitro benzene ring substituents is 1. The topological polar surface area (TPSA) is 108 Å². The lowest BCUT2D eigenvalue weighted by atomic mass is 10.2. The number of nitrogens with one attached hydrogen (secondary N) is 1.